The highest BCUT2D eigenvalue weighted by molar-refractivity contribution is 6.03. The molecule has 1 aromatic heterocycles. The maximum absolute atomic E-state index is 12.6. The fourth-order valence-electron chi connectivity index (χ4n) is 3.41. The Labute approximate surface area is 160 Å². The summed E-state index contributed by atoms with van der Waals surface area (Å²) in [4.78, 5) is 26.8. The van der Waals surface area contributed by atoms with Crippen LogP contribution in [-0.4, -0.2) is 28.1 Å². The maximum atomic E-state index is 12.6. The first kappa shape index (κ1) is 19.1. The third kappa shape index (κ3) is 4.56. The number of hydrogen-bond acceptors (Lipinski definition) is 3. The molecule has 144 valence electrons. The number of nitrogens with one attached hydrogen (secondary N) is 1. The molecule has 0 bridgehead atoms. The number of carbonyl (C=O) groups excluding carboxylic acids is 2. The van der Waals surface area contributed by atoms with Gasteiger partial charge in [0, 0.05) is 31.3 Å². The van der Waals surface area contributed by atoms with Gasteiger partial charge in [-0.1, -0.05) is 32.4 Å². The van der Waals surface area contributed by atoms with Gasteiger partial charge in [0.05, 0.1) is 12.1 Å². The lowest BCUT2D eigenvalue weighted by molar-refractivity contribution is -0.122. The minimum atomic E-state index is -0.345. The molecule has 1 aliphatic rings. The number of unbranched alkanes of at least 4 members (excludes halogenated alkanes) is 1. The van der Waals surface area contributed by atoms with Crippen LogP contribution in [0, 0.1) is 5.92 Å². The Hall–Kier alpha value is -2.63. The van der Waals surface area contributed by atoms with Crippen LogP contribution in [0.15, 0.2) is 36.5 Å². The van der Waals surface area contributed by atoms with Gasteiger partial charge >= 0.3 is 0 Å². The topological polar surface area (TPSA) is 67.2 Å². The molecule has 2 amide bonds. The number of carbonyl (C=O) groups is 2. The molecule has 0 aliphatic carbocycles. The number of rotatable bonds is 8. The lowest BCUT2D eigenvalue weighted by Gasteiger charge is -2.17. The van der Waals surface area contributed by atoms with E-state index in [0.29, 0.717) is 12.4 Å². The minimum Gasteiger partial charge on any atom is -0.312 e. The average molecular weight is 368 g/mol. The summed E-state index contributed by atoms with van der Waals surface area (Å²) in [5, 5.41) is 7.14. The Morgan fingerprint density at radius 3 is 2.67 bits per heavy atom. The van der Waals surface area contributed by atoms with Crippen LogP contribution in [0.2, 0.25) is 0 Å². The van der Waals surface area contributed by atoms with Gasteiger partial charge < -0.3 is 10.2 Å². The summed E-state index contributed by atoms with van der Waals surface area (Å²) < 4.78 is 1.78. The second-order valence-corrected chi connectivity index (χ2v) is 7.10. The fraction of sp³-hybridized carbons (Fsp3) is 0.476. The largest absolute Gasteiger partial charge is 0.312 e. The van der Waals surface area contributed by atoms with Crippen LogP contribution >= 0.6 is 0 Å². The lowest BCUT2D eigenvalue weighted by Crippen LogP contribution is -2.28. The number of amides is 2. The molecule has 1 unspecified atom stereocenters. The quantitative estimate of drug-likeness (QED) is 0.774. The normalized spacial score (nSPS) is 16.7. The van der Waals surface area contributed by atoms with Crippen LogP contribution < -0.4 is 10.2 Å². The van der Waals surface area contributed by atoms with E-state index in [1.165, 1.54) is 18.4 Å². The number of aromatic nitrogens is 2. The first-order valence-corrected chi connectivity index (χ1v) is 9.84. The molecule has 6 heteroatoms. The van der Waals surface area contributed by atoms with Gasteiger partial charge in [0.2, 0.25) is 11.8 Å². The van der Waals surface area contributed by atoms with Crippen molar-refractivity contribution >= 4 is 23.3 Å². The molecule has 1 atom stereocenters. The van der Waals surface area contributed by atoms with E-state index in [1.807, 2.05) is 12.1 Å². The first-order valence-electron chi connectivity index (χ1n) is 9.84. The van der Waals surface area contributed by atoms with Crippen LogP contribution in [-0.2, 0) is 22.6 Å². The molecule has 27 heavy (non-hydrogen) atoms. The Kier molecular flexibility index (Phi) is 6.27. The summed E-state index contributed by atoms with van der Waals surface area (Å²) in [6, 6.07) is 9.92. The molecule has 0 spiro atoms. The lowest BCUT2D eigenvalue weighted by atomic mass is 10.1. The second-order valence-electron chi connectivity index (χ2n) is 7.10. The molecular weight excluding hydrogens is 340 g/mol. The van der Waals surface area contributed by atoms with E-state index in [0.717, 1.165) is 25.1 Å². The highest BCUT2D eigenvalue weighted by Gasteiger charge is 2.35. The number of hydrogen-bond donors (Lipinski definition) is 1. The number of benzene rings is 1. The Morgan fingerprint density at radius 2 is 1.96 bits per heavy atom. The molecule has 3 rings (SSSR count). The van der Waals surface area contributed by atoms with E-state index in [1.54, 1.807) is 21.8 Å². The fourth-order valence-corrected chi connectivity index (χ4v) is 3.41. The summed E-state index contributed by atoms with van der Waals surface area (Å²) in [5.41, 5.74) is 2.15. The van der Waals surface area contributed by atoms with Crippen molar-refractivity contribution in [3.05, 3.63) is 42.1 Å². The Bertz CT molecular complexity index is 782. The molecule has 2 heterocycles. The molecule has 0 radical (unpaired) electrons. The van der Waals surface area contributed by atoms with Crippen molar-refractivity contribution in [3.8, 4) is 0 Å². The summed E-state index contributed by atoms with van der Waals surface area (Å²) in [6.45, 7) is 5.41. The van der Waals surface area contributed by atoms with Crippen molar-refractivity contribution in [2.75, 3.05) is 16.8 Å². The van der Waals surface area contributed by atoms with Crippen LogP contribution in [0.5, 0.6) is 0 Å². The molecule has 6 nitrogen and oxygen atoms in total. The Balaban J connectivity index is 1.62. The predicted molar refractivity (Wildman–Crippen MR) is 107 cm³/mol. The zero-order chi connectivity index (χ0) is 19.2. The Morgan fingerprint density at radius 1 is 1.19 bits per heavy atom. The maximum Gasteiger partial charge on any atom is 0.230 e. The molecular formula is C21H28N4O2. The van der Waals surface area contributed by atoms with Crippen molar-refractivity contribution in [2.45, 2.75) is 52.5 Å². The van der Waals surface area contributed by atoms with Gasteiger partial charge in [-0.2, -0.15) is 5.10 Å². The summed E-state index contributed by atoms with van der Waals surface area (Å²) in [5.74, 6) is 0.220. The van der Waals surface area contributed by atoms with Crippen molar-refractivity contribution in [1.82, 2.24) is 9.78 Å². The molecule has 1 N–H and O–H groups in total. The van der Waals surface area contributed by atoms with Gasteiger partial charge in [-0.05, 0) is 37.0 Å². The zero-order valence-electron chi connectivity index (χ0n) is 16.1. The summed E-state index contributed by atoms with van der Waals surface area (Å²) in [6.07, 6.45) is 6.25. The molecule has 2 aromatic rings. The summed E-state index contributed by atoms with van der Waals surface area (Å²) >= 11 is 0. The van der Waals surface area contributed by atoms with Crippen molar-refractivity contribution < 1.29 is 9.59 Å². The predicted octanol–water partition coefficient (Wildman–Crippen LogP) is 3.63. The first-order chi connectivity index (χ1) is 13.1. The van der Waals surface area contributed by atoms with Gasteiger partial charge in [-0.3, -0.25) is 9.59 Å². The van der Waals surface area contributed by atoms with Gasteiger partial charge in [0.15, 0.2) is 0 Å². The smallest absolute Gasteiger partial charge is 0.230 e. The van der Waals surface area contributed by atoms with E-state index in [2.05, 4.69) is 36.4 Å². The van der Waals surface area contributed by atoms with E-state index < -0.39 is 0 Å². The third-order valence-corrected chi connectivity index (χ3v) is 4.97. The van der Waals surface area contributed by atoms with E-state index in [4.69, 9.17) is 0 Å². The molecule has 1 saturated heterocycles. The molecule has 1 aliphatic heterocycles. The van der Waals surface area contributed by atoms with Crippen molar-refractivity contribution in [3.63, 3.8) is 0 Å². The van der Waals surface area contributed by atoms with Gasteiger partial charge in [-0.25, -0.2) is 4.68 Å². The van der Waals surface area contributed by atoms with Crippen molar-refractivity contribution in [1.29, 1.82) is 0 Å². The third-order valence-electron chi connectivity index (χ3n) is 4.97. The molecule has 1 fully saturated rings. The van der Waals surface area contributed by atoms with Crippen LogP contribution in [0.3, 0.4) is 0 Å². The second kappa shape index (κ2) is 8.84. The van der Waals surface area contributed by atoms with Crippen LogP contribution in [0.1, 0.15) is 45.1 Å². The monoisotopic (exact) mass is 368 g/mol. The van der Waals surface area contributed by atoms with E-state index in [9.17, 15) is 9.59 Å². The van der Waals surface area contributed by atoms with Crippen molar-refractivity contribution in [2.24, 2.45) is 5.92 Å². The van der Waals surface area contributed by atoms with E-state index >= 15 is 0 Å². The standard InChI is InChI=1S/C21H28N4O2/c1-3-5-6-16-7-9-18(10-8-16)24-15-17(14-20(24)26)21(27)23-19-11-12-22-25(19)13-4-2/h7-12,17H,3-6,13-15H2,1-2H3,(H,23,27). The molecule has 1 aromatic carbocycles. The number of aryl methyl sites for hydroxylation is 2. The van der Waals surface area contributed by atoms with Gasteiger partial charge in [-0.15, -0.1) is 0 Å². The van der Waals surface area contributed by atoms with E-state index in [-0.39, 0.29) is 24.2 Å². The van der Waals surface area contributed by atoms with Gasteiger partial charge in [0.25, 0.3) is 0 Å². The number of nitrogens with zero attached hydrogens (tertiary/aromatic N) is 3. The number of anilines is 2. The summed E-state index contributed by atoms with van der Waals surface area (Å²) in [7, 11) is 0. The average Bonchev–Trinajstić information content (AvgIpc) is 3.27. The highest BCUT2D eigenvalue weighted by atomic mass is 16.2. The van der Waals surface area contributed by atoms with Crippen LogP contribution in [0.4, 0.5) is 11.5 Å². The van der Waals surface area contributed by atoms with Crippen LogP contribution in [0.25, 0.3) is 0 Å². The van der Waals surface area contributed by atoms with Gasteiger partial charge in [0.1, 0.15) is 5.82 Å². The zero-order valence-corrected chi connectivity index (χ0v) is 16.1. The molecule has 0 saturated carbocycles. The highest BCUT2D eigenvalue weighted by Crippen LogP contribution is 2.26. The SMILES string of the molecule is CCCCc1ccc(N2CC(C(=O)Nc3ccnn3CCC)CC2=O)cc1. The minimum absolute atomic E-state index is 0.00137.